The van der Waals surface area contributed by atoms with Crippen molar-refractivity contribution in [1.82, 2.24) is 15.0 Å². The quantitative estimate of drug-likeness (QED) is 0.404. The van der Waals surface area contributed by atoms with Gasteiger partial charge in [0.1, 0.15) is 22.6 Å². The van der Waals surface area contributed by atoms with Crippen LogP contribution in [0.4, 0.5) is 5.69 Å². The van der Waals surface area contributed by atoms with Crippen LogP contribution in [0.25, 0.3) is 16.7 Å². The number of ether oxygens (including phenoxy) is 2. The maximum atomic E-state index is 13.2. The smallest absolute Gasteiger partial charge is 0.355 e. The lowest BCUT2D eigenvalue weighted by atomic mass is 9.81. The first-order chi connectivity index (χ1) is 18.5. The summed E-state index contributed by atoms with van der Waals surface area (Å²) in [5.74, 6) is -2.58. The molecule has 10 heteroatoms. The maximum Gasteiger partial charge on any atom is 0.355 e. The largest absolute Gasteiger partial charge is 0.466 e. The lowest BCUT2D eigenvalue weighted by Crippen LogP contribution is -2.40. The number of hydrogen-bond donors (Lipinski definition) is 1. The van der Waals surface area contributed by atoms with Gasteiger partial charge < -0.3 is 15.2 Å². The van der Waals surface area contributed by atoms with E-state index in [0.29, 0.717) is 22.3 Å². The summed E-state index contributed by atoms with van der Waals surface area (Å²) in [6.45, 7) is 0. The number of hydrogen-bond acceptors (Lipinski definition) is 9. The Morgan fingerprint density at radius 2 is 1.50 bits per heavy atom. The SMILES string of the molecule is COC(=O)C1=C(C(=O)OC)N(c2ccc3nn(-c4ccccc4)nc3c2)C(N)=C(C#N)C1c1ccccc1. The minimum absolute atomic E-state index is 0.0239. The first-order valence-electron chi connectivity index (χ1n) is 11.6. The van der Waals surface area contributed by atoms with Gasteiger partial charge in [0.2, 0.25) is 0 Å². The zero-order chi connectivity index (χ0) is 26.8. The normalized spacial score (nSPS) is 15.4. The van der Waals surface area contributed by atoms with Crippen LogP contribution in [0.2, 0.25) is 0 Å². The summed E-state index contributed by atoms with van der Waals surface area (Å²) in [5, 5.41) is 19.3. The van der Waals surface area contributed by atoms with Crippen molar-refractivity contribution in [2.75, 3.05) is 19.1 Å². The van der Waals surface area contributed by atoms with Crippen LogP contribution in [0.1, 0.15) is 11.5 Å². The summed E-state index contributed by atoms with van der Waals surface area (Å²) in [5.41, 5.74) is 9.28. The number of para-hydroxylation sites is 1. The van der Waals surface area contributed by atoms with Gasteiger partial charge in [-0.3, -0.25) is 4.90 Å². The number of rotatable bonds is 5. The molecule has 0 amide bonds. The van der Waals surface area contributed by atoms with Gasteiger partial charge in [-0.2, -0.15) is 10.1 Å². The van der Waals surface area contributed by atoms with E-state index in [9.17, 15) is 14.9 Å². The molecule has 0 fully saturated rings. The topological polar surface area (TPSA) is 136 Å². The number of esters is 2. The summed E-state index contributed by atoms with van der Waals surface area (Å²) < 4.78 is 10.1. The monoisotopic (exact) mass is 506 g/mol. The van der Waals surface area contributed by atoms with Crippen LogP contribution in [0.15, 0.2) is 102 Å². The highest BCUT2D eigenvalue weighted by atomic mass is 16.5. The van der Waals surface area contributed by atoms with Gasteiger partial charge in [0.05, 0.1) is 48.7 Å². The predicted molar refractivity (Wildman–Crippen MR) is 138 cm³/mol. The molecule has 10 nitrogen and oxygen atoms in total. The van der Waals surface area contributed by atoms with Crippen molar-refractivity contribution >= 4 is 28.7 Å². The van der Waals surface area contributed by atoms with E-state index in [1.165, 1.54) is 23.9 Å². The van der Waals surface area contributed by atoms with Gasteiger partial charge in [-0.15, -0.1) is 10.2 Å². The molecule has 1 aliphatic heterocycles. The van der Waals surface area contributed by atoms with E-state index in [-0.39, 0.29) is 22.7 Å². The van der Waals surface area contributed by atoms with Crippen molar-refractivity contribution in [3.63, 3.8) is 0 Å². The number of benzene rings is 3. The molecule has 1 unspecified atom stereocenters. The van der Waals surface area contributed by atoms with E-state index >= 15 is 0 Å². The number of allylic oxidation sites excluding steroid dienone is 1. The third-order valence-corrected chi connectivity index (χ3v) is 6.22. The first-order valence-corrected chi connectivity index (χ1v) is 11.6. The minimum Gasteiger partial charge on any atom is -0.466 e. The molecule has 1 atom stereocenters. The summed E-state index contributed by atoms with van der Waals surface area (Å²) in [6.07, 6.45) is 0. The van der Waals surface area contributed by atoms with Gasteiger partial charge in [-0.05, 0) is 35.9 Å². The van der Waals surface area contributed by atoms with Gasteiger partial charge in [0.15, 0.2) is 0 Å². The van der Waals surface area contributed by atoms with Crippen LogP contribution < -0.4 is 10.6 Å². The highest BCUT2D eigenvalue weighted by Gasteiger charge is 2.43. The van der Waals surface area contributed by atoms with Crippen molar-refractivity contribution in [2.45, 2.75) is 5.92 Å². The number of aromatic nitrogens is 3. The highest BCUT2D eigenvalue weighted by Crippen LogP contribution is 2.43. The lowest BCUT2D eigenvalue weighted by molar-refractivity contribution is -0.139. The van der Waals surface area contributed by atoms with Crippen LogP contribution in [0, 0.1) is 11.3 Å². The van der Waals surface area contributed by atoms with Crippen LogP contribution in [-0.4, -0.2) is 41.2 Å². The number of anilines is 1. The van der Waals surface area contributed by atoms with Crippen molar-refractivity contribution in [3.05, 3.63) is 107 Å². The molecule has 4 aromatic rings. The van der Waals surface area contributed by atoms with E-state index < -0.39 is 17.9 Å². The highest BCUT2D eigenvalue weighted by molar-refractivity contribution is 6.06. The molecular weight excluding hydrogens is 484 g/mol. The first kappa shape index (κ1) is 24.3. The third-order valence-electron chi connectivity index (χ3n) is 6.22. The van der Waals surface area contributed by atoms with Gasteiger partial charge in [-0.1, -0.05) is 48.5 Å². The molecule has 1 aromatic heterocycles. The fourth-order valence-electron chi connectivity index (χ4n) is 4.50. The second kappa shape index (κ2) is 9.91. The standard InChI is InChI=1S/C28H22N6O4/c1-37-27(35)24-23(17-9-5-3-6-10-17)20(16-29)26(30)33(25(24)28(36)38-2)19-13-14-21-22(15-19)32-34(31-21)18-11-7-4-8-12-18/h3-15,23H,30H2,1-2H3. The van der Waals surface area contributed by atoms with Crippen molar-refractivity contribution in [1.29, 1.82) is 5.26 Å². The average molecular weight is 507 g/mol. The molecule has 2 N–H and O–H groups in total. The van der Waals surface area contributed by atoms with Crippen molar-refractivity contribution in [2.24, 2.45) is 5.73 Å². The number of fused-ring (bicyclic) bond motifs is 1. The number of nitrogens with zero attached hydrogens (tertiary/aromatic N) is 5. The predicted octanol–water partition coefficient (Wildman–Crippen LogP) is 3.32. The summed E-state index contributed by atoms with van der Waals surface area (Å²) in [4.78, 5) is 29.2. The summed E-state index contributed by atoms with van der Waals surface area (Å²) in [6, 6.07) is 25.4. The summed E-state index contributed by atoms with van der Waals surface area (Å²) >= 11 is 0. The van der Waals surface area contributed by atoms with Gasteiger partial charge >= 0.3 is 11.9 Å². The van der Waals surface area contributed by atoms with Gasteiger partial charge in [-0.25, -0.2) is 9.59 Å². The molecule has 38 heavy (non-hydrogen) atoms. The van der Waals surface area contributed by atoms with E-state index in [1.807, 2.05) is 30.3 Å². The Balaban J connectivity index is 1.75. The number of nitriles is 1. The second-order valence-electron chi connectivity index (χ2n) is 8.33. The minimum atomic E-state index is -0.943. The Bertz CT molecular complexity index is 1650. The van der Waals surface area contributed by atoms with E-state index in [2.05, 4.69) is 16.3 Å². The van der Waals surface area contributed by atoms with E-state index in [0.717, 1.165) is 5.69 Å². The Hall–Kier alpha value is -5.43. The lowest BCUT2D eigenvalue weighted by Gasteiger charge is -2.35. The van der Waals surface area contributed by atoms with E-state index in [1.54, 1.807) is 48.5 Å². The molecule has 2 heterocycles. The summed E-state index contributed by atoms with van der Waals surface area (Å²) in [7, 11) is 2.41. The van der Waals surface area contributed by atoms with Crippen molar-refractivity contribution < 1.29 is 19.1 Å². The Labute approximate surface area is 217 Å². The van der Waals surface area contributed by atoms with Gasteiger partial charge in [0.25, 0.3) is 0 Å². The molecular formula is C28H22N6O4. The van der Waals surface area contributed by atoms with Crippen LogP contribution in [-0.2, 0) is 19.1 Å². The Morgan fingerprint density at radius 1 is 0.868 bits per heavy atom. The average Bonchev–Trinajstić information content (AvgIpc) is 3.40. The molecule has 0 aliphatic carbocycles. The van der Waals surface area contributed by atoms with E-state index in [4.69, 9.17) is 15.2 Å². The molecule has 5 rings (SSSR count). The molecule has 0 radical (unpaired) electrons. The molecule has 188 valence electrons. The molecule has 0 spiro atoms. The van der Waals surface area contributed by atoms with Crippen molar-refractivity contribution in [3.8, 4) is 11.8 Å². The second-order valence-corrected chi connectivity index (χ2v) is 8.33. The maximum absolute atomic E-state index is 13.2. The number of carbonyl (C=O) groups excluding carboxylic acids is 2. The number of methoxy groups -OCH3 is 2. The number of nitrogens with two attached hydrogens (primary N) is 1. The molecule has 0 saturated heterocycles. The Morgan fingerprint density at radius 3 is 2.13 bits per heavy atom. The molecule has 0 bridgehead atoms. The van der Waals surface area contributed by atoms with Crippen LogP contribution >= 0.6 is 0 Å². The zero-order valence-corrected chi connectivity index (χ0v) is 20.5. The van der Waals surface area contributed by atoms with Gasteiger partial charge in [0, 0.05) is 0 Å². The molecule has 1 aliphatic rings. The molecule has 3 aromatic carbocycles. The van der Waals surface area contributed by atoms with Crippen LogP contribution in [0.5, 0.6) is 0 Å². The fourth-order valence-corrected chi connectivity index (χ4v) is 4.50. The van der Waals surface area contributed by atoms with Crippen LogP contribution in [0.3, 0.4) is 0 Å². The zero-order valence-electron chi connectivity index (χ0n) is 20.5. The Kier molecular flexibility index (Phi) is 6.33. The number of carbonyl (C=O) groups is 2. The third kappa shape index (κ3) is 4.02. The molecule has 0 saturated carbocycles. The fraction of sp³-hybridized carbons (Fsp3) is 0.107.